The van der Waals surface area contributed by atoms with Crippen LogP contribution in [0.5, 0.6) is 0 Å². The highest BCUT2D eigenvalue weighted by molar-refractivity contribution is 5.56. The summed E-state index contributed by atoms with van der Waals surface area (Å²) in [7, 11) is 0. The molecule has 0 fully saturated rings. The van der Waals surface area contributed by atoms with Crippen molar-refractivity contribution in [2.75, 3.05) is 11.4 Å². The fraction of sp³-hybridized carbons (Fsp3) is 0.667. The number of fused-ring (bicyclic) bond motifs is 1. The largest absolute Gasteiger partial charge is 0.368 e. The summed E-state index contributed by atoms with van der Waals surface area (Å²) in [6.45, 7) is 8.03. The lowest BCUT2D eigenvalue weighted by molar-refractivity contribution is 0.444. The lowest BCUT2D eigenvalue weighted by atomic mass is 9.94. The summed E-state index contributed by atoms with van der Waals surface area (Å²) in [6.07, 6.45) is 6.20. The van der Waals surface area contributed by atoms with Gasteiger partial charge in [0.05, 0.1) is 0 Å². The van der Waals surface area contributed by atoms with Gasteiger partial charge in [0.25, 0.3) is 0 Å². The SMILES string of the molecule is CC(N)CCCC(C)CN1c2ccccc2CCC1C. The molecule has 2 rings (SSSR count). The summed E-state index contributed by atoms with van der Waals surface area (Å²) in [5.74, 6) is 0.738. The summed E-state index contributed by atoms with van der Waals surface area (Å²) >= 11 is 0. The van der Waals surface area contributed by atoms with Crippen LogP contribution >= 0.6 is 0 Å². The maximum absolute atomic E-state index is 5.84. The molecule has 0 saturated heterocycles. The number of nitrogens with two attached hydrogens (primary N) is 1. The van der Waals surface area contributed by atoms with Crippen molar-refractivity contribution in [3.05, 3.63) is 29.8 Å². The number of para-hydroxylation sites is 1. The van der Waals surface area contributed by atoms with Crippen LogP contribution in [0.1, 0.15) is 52.0 Å². The fourth-order valence-electron chi connectivity index (χ4n) is 3.25. The Labute approximate surface area is 124 Å². The minimum absolute atomic E-state index is 0.344. The van der Waals surface area contributed by atoms with Gasteiger partial charge in [-0.05, 0) is 57.1 Å². The molecule has 0 radical (unpaired) electrons. The van der Waals surface area contributed by atoms with Crippen LogP contribution in [0, 0.1) is 5.92 Å². The second-order valence-corrected chi connectivity index (χ2v) is 6.68. The molecule has 1 aliphatic rings. The van der Waals surface area contributed by atoms with Gasteiger partial charge in [-0.15, -0.1) is 0 Å². The molecule has 0 bridgehead atoms. The Kier molecular flexibility index (Phi) is 5.47. The predicted molar refractivity (Wildman–Crippen MR) is 88.2 cm³/mol. The Balaban J connectivity index is 1.94. The van der Waals surface area contributed by atoms with Crippen molar-refractivity contribution < 1.29 is 0 Å². The van der Waals surface area contributed by atoms with Crippen LogP contribution in [0.3, 0.4) is 0 Å². The molecular formula is C18H30N2. The van der Waals surface area contributed by atoms with Crippen LogP contribution in [0.25, 0.3) is 0 Å². The Morgan fingerprint density at radius 1 is 1.25 bits per heavy atom. The van der Waals surface area contributed by atoms with Crippen LogP contribution in [0.4, 0.5) is 5.69 Å². The van der Waals surface area contributed by atoms with E-state index in [4.69, 9.17) is 5.73 Å². The van der Waals surface area contributed by atoms with Crippen LogP contribution < -0.4 is 10.6 Å². The van der Waals surface area contributed by atoms with Crippen LogP contribution in [-0.4, -0.2) is 18.6 Å². The Morgan fingerprint density at radius 2 is 2.00 bits per heavy atom. The van der Waals surface area contributed by atoms with E-state index in [1.54, 1.807) is 0 Å². The first-order chi connectivity index (χ1) is 9.58. The zero-order chi connectivity index (χ0) is 14.5. The number of nitrogens with zero attached hydrogens (tertiary/aromatic N) is 1. The van der Waals surface area contributed by atoms with E-state index in [-0.39, 0.29) is 0 Å². The lowest BCUT2D eigenvalue weighted by Crippen LogP contribution is -2.40. The van der Waals surface area contributed by atoms with Crippen LogP contribution in [0.15, 0.2) is 24.3 Å². The van der Waals surface area contributed by atoms with Gasteiger partial charge in [0.1, 0.15) is 0 Å². The van der Waals surface area contributed by atoms with Crippen molar-refractivity contribution in [1.29, 1.82) is 0 Å². The quantitative estimate of drug-likeness (QED) is 0.850. The van der Waals surface area contributed by atoms with Crippen molar-refractivity contribution in [2.24, 2.45) is 11.7 Å². The summed E-state index contributed by atoms with van der Waals surface area (Å²) in [5.41, 5.74) is 8.82. The monoisotopic (exact) mass is 274 g/mol. The Bertz CT molecular complexity index is 414. The average Bonchev–Trinajstić information content (AvgIpc) is 2.41. The third-order valence-corrected chi connectivity index (χ3v) is 4.53. The molecule has 0 spiro atoms. The highest BCUT2D eigenvalue weighted by Crippen LogP contribution is 2.31. The molecule has 1 aliphatic heterocycles. The zero-order valence-corrected chi connectivity index (χ0v) is 13.3. The Morgan fingerprint density at radius 3 is 2.75 bits per heavy atom. The van der Waals surface area contributed by atoms with Gasteiger partial charge < -0.3 is 10.6 Å². The number of hydrogen-bond acceptors (Lipinski definition) is 2. The van der Waals surface area contributed by atoms with Gasteiger partial charge in [-0.2, -0.15) is 0 Å². The van der Waals surface area contributed by atoms with E-state index in [1.165, 1.54) is 43.5 Å². The molecule has 2 nitrogen and oxygen atoms in total. The molecule has 1 aromatic rings. The molecule has 1 heterocycles. The van der Waals surface area contributed by atoms with Gasteiger partial charge in [0, 0.05) is 24.3 Å². The summed E-state index contributed by atoms with van der Waals surface area (Å²) < 4.78 is 0. The highest BCUT2D eigenvalue weighted by Gasteiger charge is 2.23. The molecule has 3 unspecified atom stereocenters. The zero-order valence-electron chi connectivity index (χ0n) is 13.3. The standard InChI is InChI=1S/C18H30N2/c1-14(7-6-8-15(2)19)13-20-16(3)11-12-17-9-4-5-10-18(17)20/h4-5,9-10,14-16H,6-8,11-13,19H2,1-3H3. The molecule has 1 aromatic carbocycles. The summed E-state index contributed by atoms with van der Waals surface area (Å²) in [4.78, 5) is 2.62. The Hall–Kier alpha value is -1.02. The molecule has 0 aromatic heterocycles. The molecular weight excluding hydrogens is 244 g/mol. The molecule has 112 valence electrons. The number of benzene rings is 1. The molecule has 0 saturated carbocycles. The molecule has 20 heavy (non-hydrogen) atoms. The van der Waals surface area contributed by atoms with Gasteiger partial charge in [-0.1, -0.05) is 31.5 Å². The highest BCUT2D eigenvalue weighted by atomic mass is 15.2. The molecule has 2 N–H and O–H groups in total. The van der Waals surface area contributed by atoms with E-state index in [1.807, 2.05) is 0 Å². The van der Waals surface area contributed by atoms with Crippen molar-refractivity contribution in [2.45, 2.75) is 65.0 Å². The maximum Gasteiger partial charge on any atom is 0.0401 e. The van der Waals surface area contributed by atoms with Gasteiger partial charge >= 0.3 is 0 Å². The van der Waals surface area contributed by atoms with E-state index in [9.17, 15) is 0 Å². The van der Waals surface area contributed by atoms with E-state index >= 15 is 0 Å². The smallest absolute Gasteiger partial charge is 0.0401 e. The first-order valence-corrected chi connectivity index (χ1v) is 8.18. The number of hydrogen-bond donors (Lipinski definition) is 1. The van der Waals surface area contributed by atoms with Gasteiger partial charge in [-0.3, -0.25) is 0 Å². The minimum Gasteiger partial charge on any atom is -0.368 e. The van der Waals surface area contributed by atoms with Crippen LogP contribution in [-0.2, 0) is 6.42 Å². The van der Waals surface area contributed by atoms with E-state index in [0.29, 0.717) is 12.1 Å². The van der Waals surface area contributed by atoms with E-state index in [0.717, 1.165) is 12.3 Å². The topological polar surface area (TPSA) is 29.3 Å². The average molecular weight is 274 g/mol. The molecule has 0 amide bonds. The maximum atomic E-state index is 5.84. The first kappa shape index (κ1) is 15.4. The van der Waals surface area contributed by atoms with E-state index in [2.05, 4.69) is 49.9 Å². The van der Waals surface area contributed by atoms with Crippen molar-refractivity contribution in [1.82, 2.24) is 0 Å². The van der Waals surface area contributed by atoms with Crippen molar-refractivity contribution in [3.8, 4) is 0 Å². The molecule has 3 atom stereocenters. The van der Waals surface area contributed by atoms with E-state index < -0.39 is 0 Å². The minimum atomic E-state index is 0.344. The number of rotatable bonds is 6. The van der Waals surface area contributed by atoms with Crippen molar-refractivity contribution >= 4 is 5.69 Å². The predicted octanol–water partition coefficient (Wildman–Crippen LogP) is 3.98. The molecule has 2 heteroatoms. The lowest BCUT2D eigenvalue weighted by Gasteiger charge is -2.38. The third kappa shape index (κ3) is 3.99. The number of aryl methyl sites for hydroxylation is 1. The summed E-state index contributed by atoms with van der Waals surface area (Å²) in [5, 5.41) is 0. The van der Waals surface area contributed by atoms with Crippen LogP contribution in [0.2, 0.25) is 0 Å². The second kappa shape index (κ2) is 7.12. The third-order valence-electron chi connectivity index (χ3n) is 4.53. The first-order valence-electron chi connectivity index (χ1n) is 8.18. The second-order valence-electron chi connectivity index (χ2n) is 6.68. The van der Waals surface area contributed by atoms with Gasteiger partial charge in [0.15, 0.2) is 0 Å². The summed E-state index contributed by atoms with van der Waals surface area (Å²) in [6, 6.07) is 9.93. The van der Waals surface area contributed by atoms with Gasteiger partial charge in [-0.25, -0.2) is 0 Å². The normalized spacial score (nSPS) is 21.4. The molecule has 0 aliphatic carbocycles. The number of anilines is 1. The fourth-order valence-corrected chi connectivity index (χ4v) is 3.25. The van der Waals surface area contributed by atoms with Gasteiger partial charge in [0.2, 0.25) is 0 Å². The van der Waals surface area contributed by atoms with Crippen molar-refractivity contribution in [3.63, 3.8) is 0 Å².